The molecule has 1 aromatic carbocycles. The lowest BCUT2D eigenvalue weighted by atomic mass is 9.75. The second-order valence-electron chi connectivity index (χ2n) is 5.87. The summed E-state index contributed by atoms with van der Waals surface area (Å²) in [5.41, 5.74) is 0.816. The van der Waals surface area contributed by atoms with Gasteiger partial charge in [-0.1, -0.05) is 55.1 Å². The maximum absolute atomic E-state index is 14.3. The molecule has 1 aromatic rings. The molecule has 1 saturated carbocycles. The van der Waals surface area contributed by atoms with Gasteiger partial charge in [-0.3, -0.25) is 0 Å². The van der Waals surface area contributed by atoms with Gasteiger partial charge in [-0.05, 0) is 43.4 Å². The molecular formula is C17H25BrFN. The highest BCUT2D eigenvalue weighted by molar-refractivity contribution is 9.10. The Morgan fingerprint density at radius 1 is 1.35 bits per heavy atom. The molecule has 3 unspecified atom stereocenters. The zero-order chi connectivity index (χ0) is 14.5. The first-order chi connectivity index (χ1) is 9.67. The average Bonchev–Trinajstić information content (AvgIpc) is 2.46. The van der Waals surface area contributed by atoms with E-state index in [0.29, 0.717) is 5.92 Å². The Hall–Kier alpha value is -0.410. The summed E-state index contributed by atoms with van der Waals surface area (Å²) >= 11 is 3.54. The number of rotatable bonds is 5. The van der Waals surface area contributed by atoms with Crippen molar-refractivity contribution in [3.8, 4) is 0 Å². The molecule has 3 atom stereocenters. The van der Waals surface area contributed by atoms with E-state index < -0.39 is 0 Å². The Labute approximate surface area is 130 Å². The fourth-order valence-electron chi connectivity index (χ4n) is 3.54. The van der Waals surface area contributed by atoms with Crippen molar-refractivity contribution in [2.45, 2.75) is 52.0 Å². The molecule has 0 saturated heterocycles. The van der Waals surface area contributed by atoms with Crippen LogP contribution in [0.1, 0.15) is 57.6 Å². The van der Waals surface area contributed by atoms with Crippen molar-refractivity contribution >= 4 is 15.9 Å². The van der Waals surface area contributed by atoms with Crippen LogP contribution < -0.4 is 5.32 Å². The SMILES string of the molecule is CCNC(c1c(F)cccc1Br)C1CCCC(CC)C1. The Kier molecular flexibility index (Phi) is 6.03. The summed E-state index contributed by atoms with van der Waals surface area (Å²) in [6, 6.07) is 5.42. The quantitative estimate of drug-likeness (QED) is 0.750. The topological polar surface area (TPSA) is 12.0 Å². The average molecular weight is 342 g/mol. The maximum atomic E-state index is 14.3. The molecule has 1 aliphatic rings. The summed E-state index contributed by atoms with van der Waals surface area (Å²) < 4.78 is 15.2. The van der Waals surface area contributed by atoms with Gasteiger partial charge in [0.15, 0.2) is 0 Å². The smallest absolute Gasteiger partial charge is 0.129 e. The highest BCUT2D eigenvalue weighted by Gasteiger charge is 2.30. The van der Waals surface area contributed by atoms with Crippen LogP contribution in [0.2, 0.25) is 0 Å². The predicted octanol–water partition coefficient (Wildman–Crippen LogP) is 5.46. The minimum Gasteiger partial charge on any atom is -0.310 e. The summed E-state index contributed by atoms with van der Waals surface area (Å²) in [4.78, 5) is 0. The van der Waals surface area contributed by atoms with Gasteiger partial charge in [0, 0.05) is 16.1 Å². The number of hydrogen-bond donors (Lipinski definition) is 1. The molecule has 0 amide bonds. The first-order valence-electron chi connectivity index (χ1n) is 7.84. The molecule has 1 nitrogen and oxygen atoms in total. The molecule has 0 spiro atoms. The summed E-state index contributed by atoms with van der Waals surface area (Å²) in [5.74, 6) is 1.26. The van der Waals surface area contributed by atoms with Crippen LogP contribution in [-0.4, -0.2) is 6.54 Å². The van der Waals surface area contributed by atoms with Crippen LogP contribution in [0.5, 0.6) is 0 Å². The second-order valence-corrected chi connectivity index (χ2v) is 6.73. The van der Waals surface area contributed by atoms with E-state index in [0.717, 1.165) is 22.5 Å². The minimum atomic E-state index is -0.0936. The van der Waals surface area contributed by atoms with E-state index >= 15 is 0 Å². The van der Waals surface area contributed by atoms with Gasteiger partial charge in [-0.2, -0.15) is 0 Å². The van der Waals surface area contributed by atoms with E-state index in [1.807, 2.05) is 6.07 Å². The molecular weight excluding hydrogens is 317 g/mol. The second kappa shape index (κ2) is 7.56. The molecule has 0 aliphatic heterocycles. The maximum Gasteiger partial charge on any atom is 0.129 e. The third kappa shape index (κ3) is 3.62. The zero-order valence-corrected chi connectivity index (χ0v) is 14.0. The summed E-state index contributed by atoms with van der Waals surface area (Å²) in [6.07, 6.45) is 6.28. The van der Waals surface area contributed by atoms with Crippen LogP contribution >= 0.6 is 15.9 Å². The lowest BCUT2D eigenvalue weighted by Gasteiger charge is -2.35. The van der Waals surface area contributed by atoms with Crippen molar-refractivity contribution in [3.63, 3.8) is 0 Å². The molecule has 3 heteroatoms. The molecule has 0 heterocycles. The summed E-state index contributed by atoms with van der Waals surface area (Å²) in [6.45, 7) is 5.24. The first-order valence-corrected chi connectivity index (χ1v) is 8.63. The number of hydrogen-bond acceptors (Lipinski definition) is 1. The van der Waals surface area contributed by atoms with Crippen LogP contribution in [0.25, 0.3) is 0 Å². The van der Waals surface area contributed by atoms with Crippen LogP contribution in [0.3, 0.4) is 0 Å². The molecule has 2 rings (SSSR count). The van der Waals surface area contributed by atoms with E-state index in [1.165, 1.54) is 32.1 Å². The van der Waals surface area contributed by atoms with Gasteiger partial charge in [0.05, 0.1) is 0 Å². The van der Waals surface area contributed by atoms with Gasteiger partial charge in [0.25, 0.3) is 0 Å². The number of benzene rings is 1. The molecule has 1 N–H and O–H groups in total. The summed E-state index contributed by atoms with van der Waals surface area (Å²) in [7, 11) is 0. The fourth-order valence-corrected chi connectivity index (χ4v) is 4.13. The van der Waals surface area contributed by atoms with E-state index in [4.69, 9.17) is 0 Å². The molecule has 20 heavy (non-hydrogen) atoms. The highest BCUT2D eigenvalue weighted by Crippen LogP contribution is 2.41. The Bertz CT molecular complexity index is 415. The fraction of sp³-hybridized carbons (Fsp3) is 0.647. The number of halogens is 2. The molecule has 0 aromatic heterocycles. The van der Waals surface area contributed by atoms with Crippen molar-refractivity contribution in [1.29, 1.82) is 0 Å². The Morgan fingerprint density at radius 2 is 2.15 bits per heavy atom. The molecule has 0 radical (unpaired) electrons. The van der Waals surface area contributed by atoms with Gasteiger partial charge < -0.3 is 5.32 Å². The predicted molar refractivity (Wildman–Crippen MR) is 86.3 cm³/mol. The zero-order valence-electron chi connectivity index (χ0n) is 12.5. The highest BCUT2D eigenvalue weighted by atomic mass is 79.9. The standard InChI is InChI=1S/C17H25BrFN/c1-3-12-7-5-8-13(11-12)17(20-4-2)16-14(18)9-6-10-15(16)19/h6,9-10,12-13,17,20H,3-5,7-8,11H2,1-2H3. The molecule has 1 fully saturated rings. The van der Waals surface area contributed by atoms with Crippen molar-refractivity contribution in [2.75, 3.05) is 6.54 Å². The monoisotopic (exact) mass is 341 g/mol. The largest absolute Gasteiger partial charge is 0.310 e. The molecule has 1 aliphatic carbocycles. The first kappa shape index (κ1) is 16.0. The van der Waals surface area contributed by atoms with Gasteiger partial charge >= 0.3 is 0 Å². The number of nitrogens with one attached hydrogen (secondary N) is 1. The van der Waals surface area contributed by atoms with Crippen LogP contribution in [-0.2, 0) is 0 Å². The van der Waals surface area contributed by atoms with E-state index in [2.05, 4.69) is 35.1 Å². The van der Waals surface area contributed by atoms with E-state index in [1.54, 1.807) is 12.1 Å². The van der Waals surface area contributed by atoms with Crippen molar-refractivity contribution in [3.05, 3.63) is 34.1 Å². The van der Waals surface area contributed by atoms with Crippen LogP contribution in [0.4, 0.5) is 4.39 Å². The van der Waals surface area contributed by atoms with Gasteiger partial charge in [0.2, 0.25) is 0 Å². The lowest BCUT2D eigenvalue weighted by molar-refractivity contribution is 0.207. The normalized spacial score (nSPS) is 24.6. The van der Waals surface area contributed by atoms with E-state index in [9.17, 15) is 4.39 Å². The third-order valence-electron chi connectivity index (χ3n) is 4.61. The van der Waals surface area contributed by atoms with Gasteiger partial charge in [-0.15, -0.1) is 0 Å². The van der Waals surface area contributed by atoms with Gasteiger partial charge in [0.1, 0.15) is 5.82 Å². The molecule has 0 bridgehead atoms. The Balaban J connectivity index is 2.26. The van der Waals surface area contributed by atoms with Crippen molar-refractivity contribution in [1.82, 2.24) is 5.32 Å². The minimum absolute atomic E-state index is 0.0936. The van der Waals surface area contributed by atoms with Crippen molar-refractivity contribution < 1.29 is 4.39 Å². The van der Waals surface area contributed by atoms with Crippen LogP contribution in [0, 0.1) is 17.7 Å². The molecule has 112 valence electrons. The summed E-state index contributed by atoms with van der Waals surface area (Å²) in [5, 5.41) is 3.52. The lowest BCUT2D eigenvalue weighted by Crippen LogP contribution is -2.32. The Morgan fingerprint density at radius 3 is 2.80 bits per heavy atom. The van der Waals surface area contributed by atoms with Gasteiger partial charge in [-0.25, -0.2) is 4.39 Å². The van der Waals surface area contributed by atoms with Crippen LogP contribution in [0.15, 0.2) is 22.7 Å². The van der Waals surface area contributed by atoms with Crippen molar-refractivity contribution in [2.24, 2.45) is 11.8 Å². The van der Waals surface area contributed by atoms with E-state index in [-0.39, 0.29) is 11.9 Å². The third-order valence-corrected chi connectivity index (χ3v) is 5.30.